The fraction of sp³-hybridized carbons (Fsp3) is 0.200. The Bertz CT molecular complexity index is 1300. The third kappa shape index (κ3) is 4.12. The first-order chi connectivity index (χ1) is 15.7. The molecule has 0 radical (unpaired) electrons. The number of aromatic nitrogens is 5. The Kier molecular flexibility index (Phi) is 5.54. The highest BCUT2D eigenvalue weighted by Gasteiger charge is 2.31. The molecule has 0 atom stereocenters. The molecule has 0 saturated heterocycles. The number of alkyl halides is 3. The molecule has 0 aliphatic heterocycles. The number of nitrogens with zero attached hydrogens (tertiary/aromatic N) is 5. The highest BCUT2D eigenvalue weighted by Crippen LogP contribution is 2.40. The number of ether oxygens (including phenoxy) is 3. The van der Waals surface area contributed by atoms with Crippen LogP contribution in [0.15, 0.2) is 36.7 Å². The third-order valence-corrected chi connectivity index (χ3v) is 4.69. The number of benzene rings is 2. The van der Waals surface area contributed by atoms with Crippen molar-refractivity contribution in [2.24, 2.45) is 0 Å². The number of nitrogens with one attached hydrogen (secondary N) is 1. The van der Waals surface area contributed by atoms with E-state index in [0.717, 1.165) is 12.1 Å². The summed E-state index contributed by atoms with van der Waals surface area (Å²) in [6.45, 7) is 0. The summed E-state index contributed by atoms with van der Waals surface area (Å²) in [6, 6.07) is 6.43. The number of nitrogen functional groups attached to an aromatic ring is 1. The number of imidazole rings is 1. The van der Waals surface area contributed by atoms with Crippen molar-refractivity contribution in [2.45, 2.75) is 6.18 Å². The average Bonchev–Trinajstić information content (AvgIpc) is 3.12. The van der Waals surface area contributed by atoms with E-state index in [1.165, 1.54) is 38.3 Å². The molecule has 0 bridgehead atoms. The molecule has 0 saturated carbocycles. The van der Waals surface area contributed by atoms with Crippen LogP contribution in [0.2, 0.25) is 0 Å². The minimum absolute atomic E-state index is 0.0573. The largest absolute Gasteiger partial charge is 0.493 e. The van der Waals surface area contributed by atoms with Crippen LogP contribution in [-0.2, 0) is 6.18 Å². The lowest BCUT2D eigenvalue weighted by Crippen LogP contribution is -2.08. The van der Waals surface area contributed by atoms with Gasteiger partial charge < -0.3 is 25.3 Å². The highest BCUT2D eigenvalue weighted by molar-refractivity contribution is 5.81. The van der Waals surface area contributed by atoms with Gasteiger partial charge in [0.1, 0.15) is 6.33 Å². The first kappa shape index (κ1) is 21.9. The predicted octanol–water partition coefficient (Wildman–Crippen LogP) is 3.58. The molecule has 2 aromatic heterocycles. The Hall–Kier alpha value is -4.29. The van der Waals surface area contributed by atoms with Crippen LogP contribution >= 0.6 is 0 Å². The molecule has 13 heteroatoms. The van der Waals surface area contributed by atoms with Crippen molar-refractivity contribution in [1.82, 2.24) is 24.5 Å². The van der Waals surface area contributed by atoms with Crippen LogP contribution in [-0.4, -0.2) is 45.8 Å². The highest BCUT2D eigenvalue weighted by atomic mass is 19.4. The van der Waals surface area contributed by atoms with Crippen molar-refractivity contribution in [3.8, 4) is 23.2 Å². The van der Waals surface area contributed by atoms with Crippen LogP contribution in [0.4, 0.5) is 30.8 Å². The Morgan fingerprint density at radius 3 is 2.24 bits per heavy atom. The minimum atomic E-state index is -4.50. The maximum atomic E-state index is 13.0. The maximum Gasteiger partial charge on any atom is 0.416 e. The first-order valence-corrected chi connectivity index (χ1v) is 9.36. The first-order valence-electron chi connectivity index (χ1n) is 9.36. The SMILES string of the molecule is COc1cc(Nc2ncnc(-n3c(N)nc4cc(C(F)(F)F)ccc43)n2)cc(OC)c1OC. The fourth-order valence-corrected chi connectivity index (χ4v) is 3.22. The van der Waals surface area contributed by atoms with Crippen LogP contribution in [0.3, 0.4) is 0 Å². The average molecular weight is 461 g/mol. The number of anilines is 3. The number of hydrogen-bond acceptors (Lipinski definition) is 9. The molecule has 2 aromatic carbocycles. The Morgan fingerprint density at radius 1 is 0.939 bits per heavy atom. The van der Waals surface area contributed by atoms with Crippen molar-refractivity contribution in [1.29, 1.82) is 0 Å². The Labute approximate surface area is 185 Å². The van der Waals surface area contributed by atoms with Crippen molar-refractivity contribution in [3.63, 3.8) is 0 Å². The second-order valence-corrected chi connectivity index (χ2v) is 6.65. The lowest BCUT2D eigenvalue weighted by atomic mass is 10.2. The van der Waals surface area contributed by atoms with Crippen LogP contribution in [0.25, 0.3) is 17.0 Å². The third-order valence-electron chi connectivity index (χ3n) is 4.69. The Balaban J connectivity index is 1.72. The topological polar surface area (TPSA) is 122 Å². The molecule has 10 nitrogen and oxygen atoms in total. The monoisotopic (exact) mass is 461 g/mol. The number of hydrogen-bond donors (Lipinski definition) is 2. The quantitative estimate of drug-likeness (QED) is 0.444. The molecule has 0 spiro atoms. The number of fused-ring (bicyclic) bond motifs is 1. The van der Waals surface area contributed by atoms with Gasteiger partial charge in [-0.1, -0.05) is 0 Å². The van der Waals surface area contributed by atoms with Crippen LogP contribution in [0.1, 0.15) is 5.56 Å². The number of methoxy groups -OCH3 is 3. The maximum absolute atomic E-state index is 13.0. The standard InChI is InChI=1S/C20H18F3N7O3/c1-31-14-7-11(8-15(32-2)16(14)33-3)27-18-25-9-26-19(29-18)30-13-5-4-10(20(21,22)23)6-12(13)28-17(30)24/h4-9H,1-3H3,(H2,24,28)(H,25,26,27,29). The van der Waals surface area contributed by atoms with Gasteiger partial charge in [-0.25, -0.2) is 19.5 Å². The zero-order chi connectivity index (χ0) is 23.8. The predicted molar refractivity (Wildman–Crippen MR) is 113 cm³/mol. The molecule has 4 aromatic rings. The van der Waals surface area contributed by atoms with Crippen molar-refractivity contribution < 1.29 is 27.4 Å². The summed E-state index contributed by atoms with van der Waals surface area (Å²) in [7, 11) is 4.46. The lowest BCUT2D eigenvalue weighted by molar-refractivity contribution is -0.137. The second kappa shape index (κ2) is 8.33. The van der Waals surface area contributed by atoms with E-state index in [-0.39, 0.29) is 23.4 Å². The van der Waals surface area contributed by atoms with Crippen LogP contribution in [0, 0.1) is 0 Å². The van der Waals surface area contributed by atoms with Gasteiger partial charge >= 0.3 is 6.18 Å². The Morgan fingerprint density at radius 2 is 1.64 bits per heavy atom. The van der Waals surface area contributed by atoms with E-state index < -0.39 is 11.7 Å². The number of halogens is 3. The van der Waals surface area contributed by atoms with Crippen molar-refractivity contribution in [2.75, 3.05) is 32.4 Å². The second-order valence-electron chi connectivity index (χ2n) is 6.65. The molecule has 0 unspecified atom stereocenters. The number of nitrogens with two attached hydrogens (primary N) is 1. The molecule has 0 amide bonds. The summed E-state index contributed by atoms with van der Waals surface area (Å²) in [4.78, 5) is 16.5. The molecule has 0 aliphatic carbocycles. The molecule has 3 N–H and O–H groups in total. The minimum Gasteiger partial charge on any atom is -0.493 e. The van der Waals surface area contributed by atoms with E-state index in [4.69, 9.17) is 19.9 Å². The summed E-state index contributed by atoms with van der Waals surface area (Å²) >= 11 is 0. The number of rotatable bonds is 6. The molecular weight excluding hydrogens is 443 g/mol. The van der Waals surface area contributed by atoms with Crippen LogP contribution in [0.5, 0.6) is 17.2 Å². The van der Waals surface area contributed by atoms with E-state index in [0.29, 0.717) is 28.5 Å². The van der Waals surface area contributed by atoms with E-state index >= 15 is 0 Å². The van der Waals surface area contributed by atoms with Gasteiger partial charge in [-0.3, -0.25) is 0 Å². The van der Waals surface area contributed by atoms with Gasteiger partial charge in [0.25, 0.3) is 0 Å². The summed E-state index contributed by atoms with van der Waals surface area (Å²) < 4.78 is 56.4. The van der Waals surface area contributed by atoms with Gasteiger partial charge in [-0.2, -0.15) is 18.2 Å². The smallest absolute Gasteiger partial charge is 0.416 e. The van der Waals surface area contributed by atoms with Crippen LogP contribution < -0.4 is 25.3 Å². The van der Waals surface area contributed by atoms with Gasteiger partial charge in [0.15, 0.2) is 11.5 Å². The summed E-state index contributed by atoms with van der Waals surface area (Å²) in [5.41, 5.74) is 6.02. The fourth-order valence-electron chi connectivity index (χ4n) is 3.22. The summed E-state index contributed by atoms with van der Waals surface area (Å²) in [6.07, 6.45) is -3.27. The van der Waals surface area contributed by atoms with Gasteiger partial charge in [0.05, 0.1) is 37.9 Å². The van der Waals surface area contributed by atoms with E-state index in [1.807, 2.05) is 0 Å². The zero-order valence-corrected chi connectivity index (χ0v) is 17.6. The van der Waals surface area contributed by atoms with Crippen molar-refractivity contribution >= 4 is 28.6 Å². The molecule has 33 heavy (non-hydrogen) atoms. The molecule has 0 fully saturated rings. The molecule has 172 valence electrons. The molecule has 2 heterocycles. The molecule has 4 rings (SSSR count). The summed E-state index contributed by atoms with van der Waals surface area (Å²) in [5, 5.41) is 3.00. The van der Waals surface area contributed by atoms with Gasteiger partial charge in [-0.05, 0) is 18.2 Å². The molecular formula is C20H18F3N7O3. The van der Waals surface area contributed by atoms with Gasteiger partial charge in [0.2, 0.25) is 23.6 Å². The van der Waals surface area contributed by atoms with Crippen molar-refractivity contribution in [3.05, 3.63) is 42.2 Å². The molecule has 0 aliphatic rings. The van der Waals surface area contributed by atoms with E-state index in [1.54, 1.807) is 12.1 Å². The van der Waals surface area contributed by atoms with Gasteiger partial charge in [0, 0.05) is 17.8 Å². The van der Waals surface area contributed by atoms with Gasteiger partial charge in [-0.15, -0.1) is 0 Å². The lowest BCUT2D eigenvalue weighted by Gasteiger charge is -2.14. The van der Waals surface area contributed by atoms with E-state index in [9.17, 15) is 13.2 Å². The normalized spacial score (nSPS) is 11.5. The van der Waals surface area contributed by atoms with E-state index in [2.05, 4.69) is 25.3 Å². The summed E-state index contributed by atoms with van der Waals surface area (Å²) in [5.74, 6) is 1.38. The zero-order valence-electron chi connectivity index (χ0n) is 17.6.